The van der Waals surface area contributed by atoms with Gasteiger partial charge in [-0.15, -0.1) is 11.8 Å². The fourth-order valence-electron chi connectivity index (χ4n) is 2.84. The maximum Gasteiger partial charge on any atom is 0.307 e. The predicted octanol–water partition coefficient (Wildman–Crippen LogP) is 5.99. The van der Waals surface area contributed by atoms with Gasteiger partial charge in [0, 0.05) is 16.0 Å². The molecule has 0 saturated heterocycles. The normalized spacial score (nSPS) is 14.3. The first kappa shape index (κ1) is 22.6. The molecule has 0 heterocycles. The number of unbranched alkanes of at least 4 members (excludes halogenated alkanes) is 1. The Bertz CT molecular complexity index is 615. The van der Waals surface area contributed by atoms with Gasteiger partial charge in [-0.05, 0) is 37.8 Å². The van der Waals surface area contributed by atoms with Crippen LogP contribution in [0.1, 0.15) is 46.0 Å². The molecule has 3 nitrogen and oxygen atoms in total. The maximum absolute atomic E-state index is 12.3. The second kappa shape index (κ2) is 10.6. The molecule has 2 unspecified atom stereocenters. The molecule has 1 aromatic rings. The molecule has 142 valence electrons. The van der Waals surface area contributed by atoms with Crippen LogP contribution in [0.5, 0.6) is 0 Å². The summed E-state index contributed by atoms with van der Waals surface area (Å²) in [4.78, 5) is 12.5. The number of carbonyl (C=O) groups is 1. The van der Waals surface area contributed by atoms with Crippen molar-refractivity contribution in [3.05, 3.63) is 23.2 Å². The molecule has 0 radical (unpaired) electrons. The zero-order valence-electron chi connectivity index (χ0n) is 15.6. The molecule has 25 heavy (non-hydrogen) atoms. The van der Waals surface area contributed by atoms with Gasteiger partial charge < -0.3 is 9.67 Å². The number of carboxylic acids is 1. The highest BCUT2D eigenvalue weighted by molar-refractivity contribution is 7.99. The van der Waals surface area contributed by atoms with Gasteiger partial charge in [-0.2, -0.15) is 0 Å². The van der Waals surface area contributed by atoms with E-state index in [2.05, 4.69) is 13.8 Å². The van der Waals surface area contributed by atoms with Gasteiger partial charge in [0.1, 0.15) is 7.14 Å². The summed E-state index contributed by atoms with van der Waals surface area (Å²) < 4.78 is 12.3. The number of hydrogen-bond donors (Lipinski definition) is 1. The lowest BCUT2D eigenvalue weighted by Gasteiger charge is -2.20. The SMILES string of the molecule is CCCCC(CC)CC(CSc1cccc(P(C)(C)=O)c1Cl)C(=O)O. The van der Waals surface area contributed by atoms with Crippen LogP contribution < -0.4 is 5.30 Å². The molecule has 0 aliphatic carbocycles. The van der Waals surface area contributed by atoms with E-state index in [4.69, 9.17) is 11.6 Å². The zero-order chi connectivity index (χ0) is 19.0. The summed E-state index contributed by atoms with van der Waals surface area (Å²) in [6.07, 6.45) is 5.09. The summed E-state index contributed by atoms with van der Waals surface area (Å²) in [5, 5.41) is 10.8. The molecular weight excluding hydrogens is 375 g/mol. The topological polar surface area (TPSA) is 54.4 Å². The molecule has 0 bridgehead atoms. The summed E-state index contributed by atoms with van der Waals surface area (Å²) in [7, 11) is -2.45. The Morgan fingerprint density at radius 3 is 2.52 bits per heavy atom. The first-order valence-electron chi connectivity index (χ1n) is 8.90. The fraction of sp³-hybridized carbons (Fsp3) is 0.632. The summed E-state index contributed by atoms with van der Waals surface area (Å²) in [5.41, 5.74) is 0. The summed E-state index contributed by atoms with van der Waals surface area (Å²) in [6, 6.07) is 5.51. The molecule has 0 amide bonds. The predicted molar refractivity (Wildman–Crippen MR) is 110 cm³/mol. The minimum Gasteiger partial charge on any atom is -0.481 e. The van der Waals surface area contributed by atoms with Crippen molar-refractivity contribution in [2.24, 2.45) is 11.8 Å². The number of halogens is 1. The highest BCUT2D eigenvalue weighted by atomic mass is 35.5. The van der Waals surface area contributed by atoms with Crippen molar-refractivity contribution >= 4 is 41.8 Å². The van der Waals surface area contributed by atoms with Crippen molar-refractivity contribution in [2.45, 2.75) is 50.8 Å². The van der Waals surface area contributed by atoms with Crippen LogP contribution in [-0.2, 0) is 9.36 Å². The van der Waals surface area contributed by atoms with Gasteiger partial charge in [-0.25, -0.2) is 0 Å². The van der Waals surface area contributed by atoms with Crippen molar-refractivity contribution in [1.29, 1.82) is 0 Å². The number of aliphatic carboxylic acids is 1. The summed E-state index contributed by atoms with van der Waals surface area (Å²) in [5.74, 6) is -0.193. The molecule has 2 atom stereocenters. The van der Waals surface area contributed by atoms with E-state index in [1.165, 1.54) is 11.8 Å². The van der Waals surface area contributed by atoms with Crippen LogP contribution in [0.3, 0.4) is 0 Å². The van der Waals surface area contributed by atoms with Crippen LogP contribution in [0, 0.1) is 11.8 Å². The third kappa shape index (κ3) is 7.37. The molecule has 0 aromatic heterocycles. The Morgan fingerprint density at radius 1 is 1.32 bits per heavy atom. The number of rotatable bonds is 11. The summed E-state index contributed by atoms with van der Waals surface area (Å²) >= 11 is 7.87. The Hall–Kier alpha value is -0.440. The average Bonchev–Trinajstić information content (AvgIpc) is 2.54. The van der Waals surface area contributed by atoms with Gasteiger partial charge in [-0.1, -0.05) is 57.2 Å². The Morgan fingerprint density at radius 2 is 2.00 bits per heavy atom. The average molecular weight is 405 g/mol. The smallest absolute Gasteiger partial charge is 0.307 e. The Balaban J connectivity index is 2.82. The van der Waals surface area contributed by atoms with Crippen LogP contribution in [0.15, 0.2) is 23.1 Å². The van der Waals surface area contributed by atoms with E-state index in [9.17, 15) is 14.5 Å². The van der Waals surface area contributed by atoms with Crippen LogP contribution in [0.4, 0.5) is 0 Å². The number of benzene rings is 1. The first-order chi connectivity index (χ1) is 11.7. The Labute approximate surface area is 161 Å². The van der Waals surface area contributed by atoms with Crippen LogP contribution in [-0.4, -0.2) is 30.2 Å². The van der Waals surface area contributed by atoms with Crippen LogP contribution >= 0.6 is 30.5 Å². The fourth-order valence-corrected chi connectivity index (χ4v) is 5.93. The van der Waals surface area contributed by atoms with Crippen molar-refractivity contribution in [1.82, 2.24) is 0 Å². The lowest BCUT2D eigenvalue weighted by Crippen LogP contribution is -2.20. The summed E-state index contributed by atoms with van der Waals surface area (Å²) in [6.45, 7) is 7.68. The van der Waals surface area contributed by atoms with Crippen LogP contribution in [0.25, 0.3) is 0 Å². The monoisotopic (exact) mass is 404 g/mol. The van der Waals surface area contributed by atoms with Crippen molar-refractivity contribution in [2.75, 3.05) is 19.1 Å². The molecule has 0 fully saturated rings. The lowest BCUT2D eigenvalue weighted by molar-refractivity contribution is -0.141. The molecule has 1 rings (SSSR count). The molecule has 0 spiro atoms. The third-order valence-corrected chi connectivity index (χ3v) is 7.88. The van der Waals surface area contributed by atoms with E-state index in [-0.39, 0.29) is 5.92 Å². The quantitative estimate of drug-likeness (QED) is 0.363. The van der Waals surface area contributed by atoms with Crippen molar-refractivity contribution < 1.29 is 14.5 Å². The highest BCUT2D eigenvalue weighted by Crippen LogP contribution is 2.41. The van der Waals surface area contributed by atoms with E-state index in [0.717, 1.165) is 30.6 Å². The van der Waals surface area contributed by atoms with Gasteiger partial charge in [0.2, 0.25) is 0 Å². The minimum absolute atomic E-state index is 0.387. The minimum atomic E-state index is -2.45. The molecule has 0 aliphatic rings. The second-order valence-corrected chi connectivity index (χ2v) is 11.6. The second-order valence-electron chi connectivity index (χ2n) is 6.94. The highest BCUT2D eigenvalue weighted by Gasteiger charge is 2.23. The Kier molecular flexibility index (Phi) is 9.62. The molecule has 0 saturated carbocycles. The van der Waals surface area contributed by atoms with Crippen LogP contribution in [0.2, 0.25) is 5.02 Å². The zero-order valence-corrected chi connectivity index (χ0v) is 18.1. The number of thioether (sulfide) groups is 1. The molecule has 0 aliphatic heterocycles. The van der Waals surface area contributed by atoms with Gasteiger partial charge in [0.05, 0.1) is 10.9 Å². The lowest BCUT2D eigenvalue weighted by atomic mass is 9.89. The maximum atomic E-state index is 12.3. The molecule has 1 N–H and O–H groups in total. The molecular formula is C19H30ClO3PS. The van der Waals surface area contributed by atoms with Gasteiger partial charge in [-0.3, -0.25) is 4.79 Å². The third-order valence-electron chi connectivity index (χ3n) is 4.47. The molecule has 1 aromatic carbocycles. The van der Waals surface area contributed by atoms with E-state index in [1.807, 2.05) is 12.1 Å². The standard InChI is InChI=1S/C19H30ClO3PS/c1-5-7-9-14(6-2)12-15(19(21)22)13-25-17-11-8-10-16(18(17)20)24(3,4)23/h8,10-11,14-15H,5-7,9,12-13H2,1-4H3,(H,21,22). The largest absolute Gasteiger partial charge is 0.481 e. The first-order valence-corrected chi connectivity index (χ1v) is 12.9. The van der Waals surface area contributed by atoms with E-state index < -0.39 is 13.1 Å². The van der Waals surface area contributed by atoms with Crippen molar-refractivity contribution in [3.63, 3.8) is 0 Å². The van der Waals surface area contributed by atoms with Crippen molar-refractivity contribution in [3.8, 4) is 0 Å². The number of hydrogen-bond acceptors (Lipinski definition) is 3. The van der Waals surface area contributed by atoms with E-state index >= 15 is 0 Å². The van der Waals surface area contributed by atoms with E-state index in [0.29, 0.717) is 28.4 Å². The van der Waals surface area contributed by atoms with E-state index in [1.54, 1.807) is 19.4 Å². The van der Waals surface area contributed by atoms with Gasteiger partial charge >= 0.3 is 5.97 Å². The van der Waals surface area contributed by atoms with Gasteiger partial charge in [0.15, 0.2) is 0 Å². The molecule has 6 heteroatoms. The number of carboxylic acid groups (broad SMARTS) is 1. The van der Waals surface area contributed by atoms with Gasteiger partial charge in [0.25, 0.3) is 0 Å².